The Hall–Kier alpha value is -1.23. The topological polar surface area (TPSA) is 40.1 Å². The van der Waals surface area contributed by atoms with Crippen LogP contribution in [0.5, 0.6) is 5.75 Å². The van der Waals surface area contributed by atoms with Crippen LogP contribution in [0, 0.1) is 0 Å². The van der Waals surface area contributed by atoms with Crippen LogP contribution in [0.4, 0.5) is 13.2 Å². The third-order valence-corrected chi connectivity index (χ3v) is 4.53. The van der Waals surface area contributed by atoms with Gasteiger partial charge in [0.15, 0.2) is 5.96 Å². The Balaban J connectivity index is 0.00000420. The molecule has 1 N–H and O–H groups in total. The molecule has 0 unspecified atom stereocenters. The molecule has 5 nitrogen and oxygen atoms in total. The first-order valence-electron chi connectivity index (χ1n) is 9.87. The lowest BCUT2D eigenvalue weighted by Gasteiger charge is -2.34. The molecule has 1 heterocycles. The fraction of sp³-hybridized carbons (Fsp3) is 0.650. The van der Waals surface area contributed by atoms with Gasteiger partial charge in [0.1, 0.15) is 11.9 Å². The van der Waals surface area contributed by atoms with E-state index in [4.69, 9.17) is 4.74 Å². The molecule has 0 saturated carbocycles. The molecule has 9 heteroatoms. The lowest BCUT2D eigenvalue weighted by molar-refractivity contribution is -0.143. The predicted molar refractivity (Wildman–Crippen MR) is 121 cm³/mol. The van der Waals surface area contributed by atoms with E-state index in [1.807, 2.05) is 37.3 Å². The van der Waals surface area contributed by atoms with Gasteiger partial charge >= 0.3 is 6.18 Å². The average molecular weight is 528 g/mol. The van der Waals surface area contributed by atoms with Crippen molar-refractivity contribution in [2.24, 2.45) is 4.99 Å². The number of likely N-dealkylation sites (tertiary alicyclic amines) is 1. The van der Waals surface area contributed by atoms with E-state index >= 15 is 0 Å². The average Bonchev–Trinajstić information content (AvgIpc) is 2.64. The Labute approximate surface area is 188 Å². The van der Waals surface area contributed by atoms with E-state index in [2.05, 4.69) is 15.2 Å². The molecule has 0 aliphatic carbocycles. The van der Waals surface area contributed by atoms with Crippen molar-refractivity contribution in [3.63, 3.8) is 0 Å². The maximum atomic E-state index is 12.4. The van der Waals surface area contributed by atoms with Gasteiger partial charge in [-0.15, -0.1) is 24.0 Å². The summed E-state index contributed by atoms with van der Waals surface area (Å²) in [7, 11) is 1.49. The summed E-state index contributed by atoms with van der Waals surface area (Å²) >= 11 is 0. The highest BCUT2D eigenvalue weighted by Crippen LogP contribution is 2.19. The van der Waals surface area contributed by atoms with Gasteiger partial charge in [0.2, 0.25) is 0 Å². The second-order valence-corrected chi connectivity index (χ2v) is 7.06. The summed E-state index contributed by atoms with van der Waals surface area (Å²) in [4.78, 5) is 8.09. The van der Waals surface area contributed by atoms with Crippen LogP contribution in [0.2, 0.25) is 0 Å². The maximum Gasteiger partial charge on any atom is 0.401 e. The van der Waals surface area contributed by atoms with E-state index in [0.717, 1.165) is 44.2 Å². The quantitative estimate of drug-likeness (QED) is 0.240. The number of aliphatic imine (C=N–C) groups is 1. The molecular formula is C20H32F3IN4O. The number of nitrogens with one attached hydrogen (secondary N) is 1. The van der Waals surface area contributed by atoms with E-state index in [1.54, 1.807) is 0 Å². The summed E-state index contributed by atoms with van der Waals surface area (Å²) in [6, 6.07) is 9.83. The zero-order chi connectivity index (χ0) is 20.4. The largest absolute Gasteiger partial charge is 0.490 e. The Bertz CT molecular complexity index is 593. The third-order valence-electron chi connectivity index (χ3n) is 4.53. The lowest BCUT2D eigenvalue weighted by Crippen LogP contribution is -2.47. The summed E-state index contributed by atoms with van der Waals surface area (Å²) < 4.78 is 43.1. The van der Waals surface area contributed by atoms with Gasteiger partial charge in [-0.3, -0.25) is 9.89 Å². The van der Waals surface area contributed by atoms with E-state index < -0.39 is 12.7 Å². The molecular weight excluding hydrogens is 496 g/mol. The molecule has 1 aromatic rings. The maximum absolute atomic E-state index is 12.4. The third kappa shape index (κ3) is 10.4. The molecule has 0 radical (unpaired) electrons. The summed E-state index contributed by atoms with van der Waals surface area (Å²) in [5.74, 6) is 1.73. The van der Waals surface area contributed by atoms with Gasteiger partial charge in [-0.2, -0.15) is 13.2 Å². The van der Waals surface area contributed by atoms with Gasteiger partial charge in [0, 0.05) is 39.0 Å². The molecule has 0 spiro atoms. The molecule has 0 amide bonds. The number of nitrogens with zero attached hydrogens (tertiary/aromatic N) is 3. The summed E-state index contributed by atoms with van der Waals surface area (Å²) in [6.45, 7) is 4.45. The van der Waals surface area contributed by atoms with Crippen LogP contribution in [0.1, 0.15) is 26.2 Å². The lowest BCUT2D eigenvalue weighted by atomic mass is 10.1. The van der Waals surface area contributed by atoms with Gasteiger partial charge in [-0.25, -0.2) is 0 Å². The first-order chi connectivity index (χ1) is 13.4. The molecule has 2 rings (SSSR count). The first-order valence-corrected chi connectivity index (χ1v) is 9.87. The number of hydrogen-bond acceptors (Lipinski definition) is 3. The Morgan fingerprint density at radius 2 is 1.90 bits per heavy atom. The minimum Gasteiger partial charge on any atom is -0.490 e. The van der Waals surface area contributed by atoms with E-state index in [1.165, 1.54) is 11.9 Å². The van der Waals surface area contributed by atoms with Crippen LogP contribution in [0.15, 0.2) is 35.3 Å². The highest BCUT2D eigenvalue weighted by molar-refractivity contribution is 14.0. The molecule has 1 aliphatic heterocycles. The zero-order valence-electron chi connectivity index (χ0n) is 17.1. The molecule has 166 valence electrons. The molecule has 1 saturated heterocycles. The molecule has 1 fully saturated rings. The standard InChI is InChI=1S/C20H31F3N4O.HI/c1-3-24-19(25-12-7-13-26(2)16-20(21,22)23)27-14-10-18(11-15-27)28-17-8-5-4-6-9-17;/h4-6,8-9,18H,3,7,10-16H2,1-2H3,(H,24,25);1H. The Morgan fingerprint density at radius 3 is 2.48 bits per heavy atom. The number of piperidine rings is 1. The highest BCUT2D eigenvalue weighted by atomic mass is 127. The van der Waals surface area contributed by atoms with Crippen molar-refractivity contribution in [2.75, 3.05) is 46.3 Å². The molecule has 0 aromatic heterocycles. The highest BCUT2D eigenvalue weighted by Gasteiger charge is 2.28. The molecule has 1 aromatic carbocycles. The van der Waals surface area contributed by atoms with Gasteiger partial charge in [0.05, 0.1) is 6.54 Å². The van der Waals surface area contributed by atoms with Crippen molar-refractivity contribution in [3.8, 4) is 5.75 Å². The van der Waals surface area contributed by atoms with Crippen LogP contribution >= 0.6 is 24.0 Å². The van der Waals surface area contributed by atoms with Crippen LogP contribution in [0.25, 0.3) is 0 Å². The molecule has 29 heavy (non-hydrogen) atoms. The second-order valence-electron chi connectivity index (χ2n) is 7.06. The second kappa shape index (κ2) is 13.1. The van der Waals surface area contributed by atoms with E-state index in [-0.39, 0.29) is 30.1 Å². The van der Waals surface area contributed by atoms with Crippen LogP contribution in [-0.4, -0.2) is 74.4 Å². The molecule has 0 bridgehead atoms. The SMILES string of the molecule is CCNC(=NCCCN(C)CC(F)(F)F)N1CCC(Oc2ccccc2)CC1.I. The van der Waals surface area contributed by atoms with Crippen molar-refractivity contribution in [1.82, 2.24) is 15.1 Å². The van der Waals surface area contributed by atoms with Gasteiger partial charge in [-0.1, -0.05) is 18.2 Å². The minimum atomic E-state index is -4.15. The monoisotopic (exact) mass is 528 g/mol. The molecule has 0 atom stereocenters. The number of guanidine groups is 1. The van der Waals surface area contributed by atoms with Gasteiger partial charge in [0.25, 0.3) is 0 Å². The molecule has 1 aliphatic rings. The Kier molecular flexibility index (Phi) is 11.7. The predicted octanol–water partition coefficient (Wildman–Crippen LogP) is 4.00. The van der Waals surface area contributed by atoms with Crippen molar-refractivity contribution in [1.29, 1.82) is 0 Å². The van der Waals surface area contributed by atoms with E-state index in [0.29, 0.717) is 19.5 Å². The number of para-hydroxylation sites is 1. The summed E-state index contributed by atoms with van der Waals surface area (Å²) in [6.07, 6.45) is -1.55. The Morgan fingerprint density at radius 1 is 1.24 bits per heavy atom. The van der Waals surface area contributed by atoms with Crippen LogP contribution in [-0.2, 0) is 0 Å². The first kappa shape index (κ1) is 25.8. The summed E-state index contributed by atoms with van der Waals surface area (Å²) in [5, 5.41) is 3.28. The summed E-state index contributed by atoms with van der Waals surface area (Å²) in [5.41, 5.74) is 0. The van der Waals surface area contributed by atoms with Gasteiger partial charge < -0.3 is 15.0 Å². The number of alkyl halides is 3. The number of ether oxygens (including phenoxy) is 1. The smallest absolute Gasteiger partial charge is 0.401 e. The minimum absolute atomic E-state index is 0. The number of halogens is 4. The zero-order valence-corrected chi connectivity index (χ0v) is 19.5. The fourth-order valence-electron chi connectivity index (χ4n) is 3.21. The normalized spacial score (nSPS) is 15.9. The van der Waals surface area contributed by atoms with Crippen molar-refractivity contribution < 1.29 is 17.9 Å². The van der Waals surface area contributed by atoms with Crippen molar-refractivity contribution >= 4 is 29.9 Å². The fourth-order valence-corrected chi connectivity index (χ4v) is 3.21. The van der Waals surface area contributed by atoms with Crippen molar-refractivity contribution in [3.05, 3.63) is 30.3 Å². The van der Waals surface area contributed by atoms with Gasteiger partial charge in [-0.05, 0) is 39.1 Å². The van der Waals surface area contributed by atoms with E-state index in [9.17, 15) is 13.2 Å². The van der Waals surface area contributed by atoms with Crippen molar-refractivity contribution in [2.45, 2.75) is 38.5 Å². The number of hydrogen-bond donors (Lipinski definition) is 1. The van der Waals surface area contributed by atoms with Crippen LogP contribution in [0.3, 0.4) is 0 Å². The van der Waals surface area contributed by atoms with Crippen LogP contribution < -0.4 is 10.1 Å². The number of rotatable bonds is 8. The number of benzene rings is 1.